The molecule has 4 nitrogen and oxygen atoms in total. The van der Waals surface area contributed by atoms with Gasteiger partial charge in [-0.15, -0.1) is 0 Å². The summed E-state index contributed by atoms with van der Waals surface area (Å²) in [6.07, 6.45) is 0.868. The van der Waals surface area contributed by atoms with Gasteiger partial charge >= 0.3 is 5.97 Å². The summed E-state index contributed by atoms with van der Waals surface area (Å²) < 4.78 is 10.8. The Morgan fingerprint density at radius 2 is 1.92 bits per heavy atom. The van der Waals surface area contributed by atoms with Crippen LogP contribution in [0.1, 0.15) is 43.4 Å². The van der Waals surface area contributed by atoms with E-state index in [2.05, 4.69) is 0 Å². The third-order valence-corrected chi connectivity index (χ3v) is 3.61. The summed E-state index contributed by atoms with van der Waals surface area (Å²) in [6.45, 7) is 2.89. The largest absolute Gasteiger partial charge is 0.489 e. The molecule has 0 bridgehead atoms. The number of hydrogen-bond donors (Lipinski definition) is 1. The molecule has 0 aromatic heterocycles. The lowest BCUT2D eigenvalue weighted by atomic mass is 10.1. The summed E-state index contributed by atoms with van der Waals surface area (Å²) in [5.41, 5.74) is 1.72. The van der Waals surface area contributed by atoms with Gasteiger partial charge in [-0.1, -0.05) is 55.8 Å². The van der Waals surface area contributed by atoms with Gasteiger partial charge in [0.2, 0.25) is 0 Å². The van der Waals surface area contributed by atoms with E-state index < -0.39 is 6.10 Å². The SMILES string of the molecule is CCCCOC(=O)CC(O)c1cccc(OCc2ccccc2)c1. The fourth-order valence-electron chi connectivity index (χ4n) is 2.22. The number of rotatable bonds is 9. The van der Waals surface area contributed by atoms with E-state index in [1.807, 2.05) is 43.3 Å². The van der Waals surface area contributed by atoms with E-state index in [9.17, 15) is 9.90 Å². The lowest BCUT2D eigenvalue weighted by Crippen LogP contribution is -2.11. The van der Waals surface area contributed by atoms with Crippen LogP contribution in [-0.2, 0) is 16.1 Å². The van der Waals surface area contributed by atoms with Crippen LogP contribution in [0.2, 0.25) is 0 Å². The smallest absolute Gasteiger partial charge is 0.308 e. The first kappa shape index (κ1) is 18.0. The Morgan fingerprint density at radius 3 is 2.67 bits per heavy atom. The summed E-state index contributed by atoms with van der Waals surface area (Å²) in [6, 6.07) is 17.0. The molecule has 128 valence electrons. The lowest BCUT2D eigenvalue weighted by Gasteiger charge is -2.13. The van der Waals surface area contributed by atoms with Gasteiger partial charge in [0.15, 0.2) is 0 Å². The minimum absolute atomic E-state index is 0.0497. The second-order valence-electron chi connectivity index (χ2n) is 5.64. The molecule has 1 N–H and O–H groups in total. The van der Waals surface area contributed by atoms with Gasteiger partial charge in [0.1, 0.15) is 12.4 Å². The molecule has 4 heteroatoms. The Bertz CT molecular complexity index is 625. The number of carbonyl (C=O) groups excluding carboxylic acids is 1. The molecule has 2 aromatic rings. The number of unbranched alkanes of at least 4 members (excludes halogenated alkanes) is 1. The summed E-state index contributed by atoms with van der Waals surface area (Å²) in [4.78, 5) is 11.7. The summed E-state index contributed by atoms with van der Waals surface area (Å²) in [7, 11) is 0. The molecule has 0 spiro atoms. The first-order valence-corrected chi connectivity index (χ1v) is 8.29. The van der Waals surface area contributed by atoms with Crippen LogP contribution in [0, 0.1) is 0 Å². The molecule has 0 radical (unpaired) electrons. The molecule has 24 heavy (non-hydrogen) atoms. The third kappa shape index (κ3) is 6.05. The van der Waals surface area contributed by atoms with E-state index in [0.717, 1.165) is 18.4 Å². The van der Waals surface area contributed by atoms with E-state index in [0.29, 0.717) is 24.5 Å². The second kappa shape index (κ2) is 9.73. The molecular weight excluding hydrogens is 304 g/mol. The van der Waals surface area contributed by atoms with Crippen molar-refractivity contribution in [3.05, 3.63) is 65.7 Å². The molecule has 0 saturated heterocycles. The maximum atomic E-state index is 11.7. The first-order chi connectivity index (χ1) is 11.7. The topological polar surface area (TPSA) is 55.8 Å². The Morgan fingerprint density at radius 1 is 1.12 bits per heavy atom. The summed E-state index contributed by atoms with van der Waals surface area (Å²) >= 11 is 0. The normalized spacial score (nSPS) is 11.8. The zero-order valence-corrected chi connectivity index (χ0v) is 14.0. The predicted molar refractivity (Wildman–Crippen MR) is 92.7 cm³/mol. The molecule has 0 aliphatic carbocycles. The minimum atomic E-state index is -0.889. The molecule has 2 rings (SSSR count). The quantitative estimate of drug-likeness (QED) is 0.558. The number of aliphatic hydroxyl groups is 1. The van der Waals surface area contributed by atoms with E-state index in [-0.39, 0.29) is 12.4 Å². The average molecular weight is 328 g/mol. The van der Waals surface area contributed by atoms with Crippen molar-refractivity contribution >= 4 is 5.97 Å². The lowest BCUT2D eigenvalue weighted by molar-refractivity contribution is -0.146. The third-order valence-electron chi connectivity index (χ3n) is 3.61. The van der Waals surface area contributed by atoms with E-state index in [1.54, 1.807) is 18.2 Å². The fraction of sp³-hybridized carbons (Fsp3) is 0.350. The Hall–Kier alpha value is -2.33. The van der Waals surface area contributed by atoms with Crippen LogP contribution >= 0.6 is 0 Å². The maximum absolute atomic E-state index is 11.7. The van der Waals surface area contributed by atoms with Crippen molar-refractivity contribution in [3.8, 4) is 5.75 Å². The highest BCUT2D eigenvalue weighted by Crippen LogP contribution is 2.22. The van der Waals surface area contributed by atoms with Crippen LogP contribution in [0.5, 0.6) is 5.75 Å². The van der Waals surface area contributed by atoms with Gasteiger partial charge in [0, 0.05) is 0 Å². The molecule has 0 saturated carbocycles. The van der Waals surface area contributed by atoms with Crippen molar-refractivity contribution in [1.29, 1.82) is 0 Å². The Labute approximate surface area is 143 Å². The number of ether oxygens (including phenoxy) is 2. The van der Waals surface area contributed by atoms with Crippen LogP contribution < -0.4 is 4.74 Å². The average Bonchev–Trinajstić information content (AvgIpc) is 2.61. The van der Waals surface area contributed by atoms with Crippen LogP contribution in [-0.4, -0.2) is 17.7 Å². The highest BCUT2D eigenvalue weighted by molar-refractivity contribution is 5.70. The van der Waals surface area contributed by atoms with E-state index >= 15 is 0 Å². The molecule has 1 unspecified atom stereocenters. The highest BCUT2D eigenvalue weighted by atomic mass is 16.5. The maximum Gasteiger partial charge on any atom is 0.308 e. The van der Waals surface area contributed by atoms with E-state index in [4.69, 9.17) is 9.47 Å². The molecule has 0 heterocycles. The molecule has 1 atom stereocenters. The van der Waals surface area contributed by atoms with Crippen molar-refractivity contribution in [1.82, 2.24) is 0 Å². The number of aliphatic hydroxyl groups excluding tert-OH is 1. The van der Waals surface area contributed by atoms with E-state index in [1.165, 1.54) is 0 Å². The Balaban J connectivity index is 1.88. The van der Waals surface area contributed by atoms with Gasteiger partial charge in [-0.25, -0.2) is 0 Å². The number of hydrogen-bond acceptors (Lipinski definition) is 4. The first-order valence-electron chi connectivity index (χ1n) is 8.29. The second-order valence-corrected chi connectivity index (χ2v) is 5.64. The molecule has 0 fully saturated rings. The van der Waals surface area contributed by atoms with Gasteiger partial charge in [-0.3, -0.25) is 4.79 Å². The monoisotopic (exact) mass is 328 g/mol. The van der Waals surface area contributed by atoms with Crippen molar-refractivity contribution < 1.29 is 19.4 Å². The van der Waals surface area contributed by atoms with Crippen molar-refractivity contribution in [3.63, 3.8) is 0 Å². The van der Waals surface area contributed by atoms with Gasteiger partial charge in [0.25, 0.3) is 0 Å². The van der Waals surface area contributed by atoms with Gasteiger partial charge in [-0.2, -0.15) is 0 Å². The van der Waals surface area contributed by atoms with Crippen LogP contribution in [0.4, 0.5) is 0 Å². The van der Waals surface area contributed by atoms with Gasteiger partial charge < -0.3 is 14.6 Å². The number of carbonyl (C=O) groups is 1. The van der Waals surface area contributed by atoms with Gasteiger partial charge in [-0.05, 0) is 29.7 Å². The highest BCUT2D eigenvalue weighted by Gasteiger charge is 2.14. The van der Waals surface area contributed by atoms with Crippen molar-refractivity contribution in [2.24, 2.45) is 0 Å². The fourth-order valence-corrected chi connectivity index (χ4v) is 2.22. The molecule has 0 aliphatic heterocycles. The molecule has 0 amide bonds. The van der Waals surface area contributed by atoms with Gasteiger partial charge in [0.05, 0.1) is 19.1 Å². The van der Waals surface area contributed by atoms with Crippen molar-refractivity contribution in [2.45, 2.75) is 38.9 Å². The molecule has 0 aliphatic rings. The summed E-state index contributed by atoms with van der Waals surface area (Å²) in [5, 5.41) is 10.2. The zero-order valence-electron chi connectivity index (χ0n) is 14.0. The summed E-state index contributed by atoms with van der Waals surface area (Å²) in [5.74, 6) is 0.279. The van der Waals surface area contributed by atoms with Crippen molar-refractivity contribution in [2.75, 3.05) is 6.61 Å². The number of benzene rings is 2. The standard InChI is InChI=1S/C20H24O4/c1-2-3-12-23-20(22)14-19(21)17-10-7-11-18(13-17)24-15-16-8-5-4-6-9-16/h4-11,13,19,21H,2-3,12,14-15H2,1H3. The number of esters is 1. The predicted octanol–water partition coefficient (Wildman–Crippen LogP) is 4.03. The minimum Gasteiger partial charge on any atom is -0.489 e. The zero-order chi connectivity index (χ0) is 17.2. The Kier molecular flexibility index (Phi) is 7.30. The van der Waals surface area contributed by atoms with Crippen LogP contribution in [0.3, 0.4) is 0 Å². The van der Waals surface area contributed by atoms with Crippen LogP contribution in [0.25, 0.3) is 0 Å². The molecular formula is C20H24O4. The molecule has 2 aromatic carbocycles. The van der Waals surface area contributed by atoms with Crippen LogP contribution in [0.15, 0.2) is 54.6 Å².